The summed E-state index contributed by atoms with van der Waals surface area (Å²) in [6.07, 6.45) is 7.31. The molecule has 126 valence electrons. The van der Waals surface area contributed by atoms with Crippen LogP contribution in [0.4, 0.5) is 4.39 Å². The van der Waals surface area contributed by atoms with Crippen LogP contribution in [0.2, 0.25) is 0 Å². The van der Waals surface area contributed by atoms with Gasteiger partial charge in [-0.05, 0) is 54.8 Å². The standard InChI is InChI=1S/C20H18FN3O/c21-17-3-1-2-15(12-17)13-24(19-8-9-19)20(25)16-4-6-18(7-5-16)23-11-10-22-14-23/h1-7,10-12,14,19H,8-9,13H2. The molecule has 4 rings (SSSR count). The second-order valence-electron chi connectivity index (χ2n) is 6.31. The number of amides is 1. The van der Waals surface area contributed by atoms with E-state index in [1.165, 1.54) is 12.1 Å². The largest absolute Gasteiger partial charge is 0.331 e. The second kappa shape index (κ2) is 6.51. The number of rotatable bonds is 5. The smallest absolute Gasteiger partial charge is 0.254 e. The van der Waals surface area contributed by atoms with Crippen molar-refractivity contribution in [2.24, 2.45) is 0 Å². The van der Waals surface area contributed by atoms with Crippen molar-refractivity contribution >= 4 is 5.91 Å². The van der Waals surface area contributed by atoms with E-state index in [1.807, 2.05) is 46.0 Å². The maximum absolute atomic E-state index is 13.4. The lowest BCUT2D eigenvalue weighted by Crippen LogP contribution is -2.32. The van der Waals surface area contributed by atoms with Gasteiger partial charge in [-0.1, -0.05) is 12.1 Å². The van der Waals surface area contributed by atoms with E-state index in [0.29, 0.717) is 12.1 Å². The Kier molecular flexibility index (Phi) is 4.06. The number of nitrogens with zero attached hydrogens (tertiary/aromatic N) is 3. The lowest BCUT2D eigenvalue weighted by Gasteiger charge is -2.23. The van der Waals surface area contributed by atoms with Crippen molar-refractivity contribution in [3.8, 4) is 5.69 Å². The SMILES string of the molecule is O=C(c1ccc(-n2ccnc2)cc1)N(Cc1cccc(F)c1)C1CC1. The molecule has 25 heavy (non-hydrogen) atoms. The molecule has 1 aromatic heterocycles. The van der Waals surface area contributed by atoms with E-state index in [1.54, 1.807) is 18.6 Å². The first-order valence-electron chi connectivity index (χ1n) is 8.34. The Balaban J connectivity index is 1.54. The first kappa shape index (κ1) is 15.6. The minimum Gasteiger partial charge on any atom is -0.331 e. The Labute approximate surface area is 145 Å². The van der Waals surface area contributed by atoms with Crippen molar-refractivity contribution in [3.05, 3.63) is 84.2 Å². The summed E-state index contributed by atoms with van der Waals surface area (Å²) < 4.78 is 15.3. The molecule has 0 N–H and O–H groups in total. The predicted molar refractivity (Wildman–Crippen MR) is 92.9 cm³/mol. The van der Waals surface area contributed by atoms with Gasteiger partial charge in [0.25, 0.3) is 5.91 Å². The summed E-state index contributed by atoms with van der Waals surface area (Å²) in [6, 6.07) is 14.2. The van der Waals surface area contributed by atoms with Gasteiger partial charge in [0.05, 0.1) is 6.33 Å². The molecule has 2 aromatic carbocycles. The Morgan fingerprint density at radius 3 is 2.64 bits per heavy atom. The van der Waals surface area contributed by atoms with Crippen LogP contribution in [-0.4, -0.2) is 26.4 Å². The molecule has 0 aliphatic heterocycles. The molecule has 1 amide bonds. The third-order valence-electron chi connectivity index (χ3n) is 4.41. The van der Waals surface area contributed by atoms with Crippen LogP contribution in [0.15, 0.2) is 67.3 Å². The van der Waals surface area contributed by atoms with Crippen LogP contribution < -0.4 is 0 Å². The van der Waals surface area contributed by atoms with Crippen molar-refractivity contribution in [1.82, 2.24) is 14.5 Å². The fraction of sp³-hybridized carbons (Fsp3) is 0.200. The minimum absolute atomic E-state index is 0.0102. The maximum atomic E-state index is 13.4. The Bertz CT molecular complexity index is 870. The molecule has 1 aliphatic carbocycles. The number of benzene rings is 2. The zero-order chi connectivity index (χ0) is 17.2. The lowest BCUT2D eigenvalue weighted by atomic mass is 10.1. The van der Waals surface area contributed by atoms with Crippen LogP contribution in [0.25, 0.3) is 5.69 Å². The van der Waals surface area contributed by atoms with Crippen LogP contribution in [0.5, 0.6) is 0 Å². The Hall–Kier alpha value is -2.95. The molecule has 0 unspecified atom stereocenters. The maximum Gasteiger partial charge on any atom is 0.254 e. The number of carbonyl (C=O) groups excluding carboxylic acids is 1. The van der Waals surface area contributed by atoms with Crippen molar-refractivity contribution in [2.45, 2.75) is 25.4 Å². The van der Waals surface area contributed by atoms with E-state index in [2.05, 4.69) is 4.98 Å². The third-order valence-corrected chi connectivity index (χ3v) is 4.41. The van der Waals surface area contributed by atoms with Gasteiger partial charge in [-0.25, -0.2) is 9.37 Å². The highest BCUT2D eigenvalue weighted by Gasteiger charge is 2.33. The van der Waals surface area contributed by atoms with E-state index in [9.17, 15) is 9.18 Å². The first-order chi connectivity index (χ1) is 12.2. The Morgan fingerprint density at radius 1 is 1.20 bits per heavy atom. The van der Waals surface area contributed by atoms with Crippen molar-refractivity contribution in [1.29, 1.82) is 0 Å². The molecule has 3 aromatic rings. The molecule has 0 atom stereocenters. The number of hydrogen-bond donors (Lipinski definition) is 0. The highest BCUT2D eigenvalue weighted by molar-refractivity contribution is 5.94. The molecule has 1 heterocycles. The molecule has 1 aliphatic rings. The fourth-order valence-electron chi connectivity index (χ4n) is 2.94. The average molecular weight is 335 g/mol. The summed E-state index contributed by atoms with van der Waals surface area (Å²) in [5.74, 6) is -0.283. The number of aromatic nitrogens is 2. The topological polar surface area (TPSA) is 38.1 Å². The molecule has 1 saturated carbocycles. The van der Waals surface area contributed by atoms with Gasteiger partial charge in [0.2, 0.25) is 0 Å². The number of carbonyl (C=O) groups is 1. The van der Waals surface area contributed by atoms with Gasteiger partial charge in [-0.2, -0.15) is 0 Å². The van der Waals surface area contributed by atoms with Gasteiger partial charge in [-0.3, -0.25) is 4.79 Å². The molecule has 1 fully saturated rings. The van der Waals surface area contributed by atoms with E-state index in [0.717, 1.165) is 24.1 Å². The van der Waals surface area contributed by atoms with Gasteiger partial charge >= 0.3 is 0 Å². The van der Waals surface area contributed by atoms with Crippen molar-refractivity contribution < 1.29 is 9.18 Å². The first-order valence-corrected chi connectivity index (χ1v) is 8.34. The molecular weight excluding hydrogens is 317 g/mol. The zero-order valence-electron chi connectivity index (χ0n) is 13.7. The highest BCUT2D eigenvalue weighted by atomic mass is 19.1. The number of imidazole rings is 1. The number of hydrogen-bond acceptors (Lipinski definition) is 2. The minimum atomic E-state index is -0.273. The van der Waals surface area contributed by atoms with Crippen LogP contribution in [0.1, 0.15) is 28.8 Å². The molecule has 0 saturated heterocycles. The molecule has 0 spiro atoms. The van der Waals surface area contributed by atoms with Gasteiger partial charge in [0.1, 0.15) is 5.82 Å². The van der Waals surface area contributed by atoms with E-state index < -0.39 is 0 Å². The summed E-state index contributed by atoms with van der Waals surface area (Å²) >= 11 is 0. The van der Waals surface area contributed by atoms with Gasteiger partial charge in [0, 0.05) is 36.2 Å². The van der Waals surface area contributed by atoms with E-state index in [4.69, 9.17) is 0 Å². The highest BCUT2D eigenvalue weighted by Crippen LogP contribution is 2.30. The molecule has 0 radical (unpaired) electrons. The number of halogens is 1. The second-order valence-corrected chi connectivity index (χ2v) is 6.31. The van der Waals surface area contributed by atoms with Gasteiger partial charge < -0.3 is 9.47 Å². The van der Waals surface area contributed by atoms with Crippen LogP contribution >= 0.6 is 0 Å². The van der Waals surface area contributed by atoms with E-state index >= 15 is 0 Å². The zero-order valence-corrected chi connectivity index (χ0v) is 13.7. The summed E-state index contributed by atoms with van der Waals surface area (Å²) in [5, 5.41) is 0. The van der Waals surface area contributed by atoms with Crippen molar-refractivity contribution in [3.63, 3.8) is 0 Å². The normalized spacial score (nSPS) is 13.6. The van der Waals surface area contributed by atoms with E-state index in [-0.39, 0.29) is 17.8 Å². The third kappa shape index (κ3) is 3.45. The molecule has 0 bridgehead atoms. The summed E-state index contributed by atoms with van der Waals surface area (Å²) in [5.41, 5.74) is 2.42. The van der Waals surface area contributed by atoms with Crippen LogP contribution in [0.3, 0.4) is 0 Å². The average Bonchev–Trinajstić information content (AvgIpc) is 3.32. The van der Waals surface area contributed by atoms with Crippen LogP contribution in [-0.2, 0) is 6.54 Å². The van der Waals surface area contributed by atoms with Crippen LogP contribution in [0, 0.1) is 5.82 Å². The molecule has 5 heteroatoms. The van der Waals surface area contributed by atoms with Gasteiger partial charge in [-0.15, -0.1) is 0 Å². The monoisotopic (exact) mass is 335 g/mol. The predicted octanol–water partition coefficient (Wildman–Crippen LogP) is 3.82. The van der Waals surface area contributed by atoms with Gasteiger partial charge in [0.15, 0.2) is 0 Å². The quantitative estimate of drug-likeness (QED) is 0.711. The fourth-order valence-corrected chi connectivity index (χ4v) is 2.94. The van der Waals surface area contributed by atoms with Crippen molar-refractivity contribution in [2.75, 3.05) is 0 Å². The summed E-state index contributed by atoms with van der Waals surface area (Å²) in [4.78, 5) is 18.8. The Morgan fingerprint density at radius 2 is 2.00 bits per heavy atom. The summed E-state index contributed by atoms with van der Waals surface area (Å²) in [6.45, 7) is 0.435. The molecule has 4 nitrogen and oxygen atoms in total. The molecular formula is C20H18FN3O. The lowest BCUT2D eigenvalue weighted by molar-refractivity contribution is 0.0729. The summed E-state index contributed by atoms with van der Waals surface area (Å²) in [7, 11) is 0.